The molecule has 4 N–H and O–H groups in total. The van der Waals surface area contributed by atoms with Crippen LogP contribution in [0.15, 0.2) is 5.16 Å². The average molecular weight is 229 g/mol. The van der Waals surface area contributed by atoms with Crippen molar-refractivity contribution in [3.8, 4) is 0 Å². The van der Waals surface area contributed by atoms with Gasteiger partial charge in [-0.05, 0) is 17.8 Å². The predicted octanol–water partition coefficient (Wildman–Crippen LogP) is 1.17. The number of nitrogens with zero attached hydrogens (tertiary/aromatic N) is 1. The van der Waals surface area contributed by atoms with E-state index in [9.17, 15) is 4.79 Å². The van der Waals surface area contributed by atoms with Crippen LogP contribution in [0.2, 0.25) is 0 Å². The maximum Gasteiger partial charge on any atom is 0.227 e. The van der Waals surface area contributed by atoms with Crippen molar-refractivity contribution in [3.63, 3.8) is 0 Å². The molecule has 0 rings (SSSR count). The SMILES string of the molecule is CC(C)C(CNC(=O)CC(N)=NO)C(C)C. The number of hydrogen-bond acceptors (Lipinski definition) is 3. The molecule has 0 aromatic rings. The van der Waals surface area contributed by atoms with Crippen LogP contribution in [0.1, 0.15) is 34.1 Å². The van der Waals surface area contributed by atoms with E-state index < -0.39 is 0 Å². The third-order valence-electron chi connectivity index (χ3n) is 2.72. The van der Waals surface area contributed by atoms with E-state index >= 15 is 0 Å². The predicted molar refractivity (Wildman–Crippen MR) is 64.2 cm³/mol. The fourth-order valence-corrected chi connectivity index (χ4v) is 1.74. The minimum atomic E-state index is -0.207. The highest BCUT2D eigenvalue weighted by atomic mass is 16.4. The molecule has 0 atom stereocenters. The first kappa shape index (κ1) is 14.7. The van der Waals surface area contributed by atoms with Crippen LogP contribution in [-0.4, -0.2) is 23.5 Å². The Bertz CT molecular complexity index is 242. The van der Waals surface area contributed by atoms with E-state index in [2.05, 4.69) is 38.2 Å². The van der Waals surface area contributed by atoms with Gasteiger partial charge in [0.1, 0.15) is 5.84 Å². The Balaban J connectivity index is 4.07. The molecule has 0 radical (unpaired) electrons. The number of carbonyl (C=O) groups excluding carboxylic acids is 1. The second-order valence-corrected chi connectivity index (χ2v) is 4.72. The zero-order chi connectivity index (χ0) is 12.7. The van der Waals surface area contributed by atoms with Gasteiger partial charge in [-0.2, -0.15) is 0 Å². The van der Waals surface area contributed by atoms with Crippen molar-refractivity contribution in [1.82, 2.24) is 5.32 Å². The van der Waals surface area contributed by atoms with E-state index in [1.807, 2.05) is 0 Å². The van der Waals surface area contributed by atoms with Gasteiger partial charge in [0.2, 0.25) is 5.91 Å². The molecule has 0 aliphatic heterocycles. The number of carbonyl (C=O) groups is 1. The van der Waals surface area contributed by atoms with E-state index in [0.717, 1.165) is 0 Å². The van der Waals surface area contributed by atoms with Crippen molar-refractivity contribution >= 4 is 11.7 Å². The first-order valence-corrected chi connectivity index (χ1v) is 5.61. The largest absolute Gasteiger partial charge is 0.409 e. The molecule has 0 spiro atoms. The first-order valence-electron chi connectivity index (χ1n) is 5.61. The second-order valence-electron chi connectivity index (χ2n) is 4.72. The molecular formula is C11H23N3O2. The van der Waals surface area contributed by atoms with Gasteiger partial charge in [0.15, 0.2) is 0 Å². The lowest BCUT2D eigenvalue weighted by Crippen LogP contribution is -2.35. The summed E-state index contributed by atoms with van der Waals surface area (Å²) in [6.45, 7) is 9.19. The average Bonchev–Trinajstić information content (AvgIpc) is 2.16. The Kier molecular flexibility index (Phi) is 6.53. The van der Waals surface area contributed by atoms with Crippen LogP contribution in [0, 0.1) is 17.8 Å². The smallest absolute Gasteiger partial charge is 0.227 e. The first-order chi connectivity index (χ1) is 7.38. The summed E-state index contributed by atoms with van der Waals surface area (Å²) in [5.74, 6) is 1.20. The van der Waals surface area contributed by atoms with Crippen LogP contribution in [-0.2, 0) is 4.79 Å². The Morgan fingerprint density at radius 3 is 2.19 bits per heavy atom. The zero-order valence-electron chi connectivity index (χ0n) is 10.5. The van der Waals surface area contributed by atoms with E-state index in [1.54, 1.807) is 0 Å². The Morgan fingerprint density at radius 2 is 1.81 bits per heavy atom. The van der Waals surface area contributed by atoms with Gasteiger partial charge in [-0.3, -0.25) is 4.79 Å². The topological polar surface area (TPSA) is 87.7 Å². The van der Waals surface area contributed by atoms with Crippen LogP contribution < -0.4 is 11.1 Å². The lowest BCUT2D eigenvalue weighted by Gasteiger charge is -2.24. The summed E-state index contributed by atoms with van der Waals surface area (Å²) in [6.07, 6.45) is -0.0561. The van der Waals surface area contributed by atoms with Gasteiger partial charge in [-0.25, -0.2) is 0 Å². The molecular weight excluding hydrogens is 206 g/mol. The van der Waals surface area contributed by atoms with E-state index in [4.69, 9.17) is 10.9 Å². The maximum absolute atomic E-state index is 11.4. The van der Waals surface area contributed by atoms with Gasteiger partial charge in [-0.1, -0.05) is 32.9 Å². The van der Waals surface area contributed by atoms with Crippen LogP contribution in [0.5, 0.6) is 0 Å². The second kappa shape index (κ2) is 7.09. The molecule has 0 aliphatic rings. The summed E-state index contributed by atoms with van der Waals surface area (Å²) in [4.78, 5) is 11.4. The monoisotopic (exact) mass is 229 g/mol. The summed E-state index contributed by atoms with van der Waals surface area (Å²) >= 11 is 0. The standard InChI is InChI=1S/C11H23N3O2/c1-7(2)9(8(3)4)6-13-11(15)5-10(12)14-16/h7-9,16H,5-6H2,1-4H3,(H2,12,14)(H,13,15). The molecule has 0 heterocycles. The number of rotatable bonds is 6. The van der Waals surface area contributed by atoms with Crippen molar-refractivity contribution in [3.05, 3.63) is 0 Å². The minimum absolute atomic E-state index is 0.0561. The molecule has 0 aromatic heterocycles. The molecule has 16 heavy (non-hydrogen) atoms. The van der Waals surface area contributed by atoms with Crippen LogP contribution in [0.3, 0.4) is 0 Å². The maximum atomic E-state index is 11.4. The number of amides is 1. The summed E-state index contributed by atoms with van der Waals surface area (Å²) in [7, 11) is 0. The van der Waals surface area contributed by atoms with Crippen molar-refractivity contribution in [2.24, 2.45) is 28.6 Å². The Hall–Kier alpha value is -1.26. The molecule has 0 aliphatic carbocycles. The van der Waals surface area contributed by atoms with Gasteiger partial charge in [0, 0.05) is 6.54 Å². The van der Waals surface area contributed by atoms with Gasteiger partial charge in [-0.15, -0.1) is 0 Å². The van der Waals surface area contributed by atoms with E-state index in [0.29, 0.717) is 24.3 Å². The van der Waals surface area contributed by atoms with E-state index in [-0.39, 0.29) is 18.2 Å². The van der Waals surface area contributed by atoms with Gasteiger partial charge in [0.05, 0.1) is 6.42 Å². The molecule has 0 aromatic carbocycles. The van der Waals surface area contributed by atoms with Gasteiger partial charge in [0.25, 0.3) is 0 Å². The molecule has 5 nitrogen and oxygen atoms in total. The highest BCUT2D eigenvalue weighted by Crippen LogP contribution is 2.19. The van der Waals surface area contributed by atoms with Crippen LogP contribution >= 0.6 is 0 Å². The molecule has 5 heteroatoms. The zero-order valence-corrected chi connectivity index (χ0v) is 10.5. The van der Waals surface area contributed by atoms with Crippen molar-refractivity contribution < 1.29 is 10.0 Å². The molecule has 0 fully saturated rings. The Morgan fingerprint density at radius 1 is 1.31 bits per heavy atom. The molecule has 0 saturated heterocycles. The Labute approximate surface area is 97.1 Å². The summed E-state index contributed by atoms with van der Waals surface area (Å²) in [6, 6.07) is 0. The number of oxime groups is 1. The lowest BCUT2D eigenvalue weighted by molar-refractivity contribution is -0.120. The highest BCUT2D eigenvalue weighted by molar-refractivity contribution is 5.98. The summed E-state index contributed by atoms with van der Waals surface area (Å²) in [5, 5.41) is 13.9. The van der Waals surface area contributed by atoms with Crippen LogP contribution in [0.4, 0.5) is 0 Å². The fraction of sp³-hybridized carbons (Fsp3) is 0.818. The molecule has 1 amide bonds. The third-order valence-corrected chi connectivity index (χ3v) is 2.72. The summed E-state index contributed by atoms with van der Waals surface area (Å²) < 4.78 is 0. The number of hydrogen-bond donors (Lipinski definition) is 3. The molecule has 0 bridgehead atoms. The number of amidine groups is 1. The lowest BCUT2D eigenvalue weighted by atomic mass is 9.85. The highest BCUT2D eigenvalue weighted by Gasteiger charge is 2.18. The van der Waals surface area contributed by atoms with Crippen molar-refractivity contribution in [2.75, 3.05) is 6.54 Å². The number of nitrogens with one attached hydrogen (secondary N) is 1. The fourth-order valence-electron chi connectivity index (χ4n) is 1.74. The number of nitrogens with two attached hydrogens (primary N) is 1. The van der Waals surface area contributed by atoms with Crippen molar-refractivity contribution in [2.45, 2.75) is 34.1 Å². The normalized spacial score (nSPS) is 12.6. The molecule has 94 valence electrons. The van der Waals surface area contributed by atoms with Crippen molar-refractivity contribution in [1.29, 1.82) is 0 Å². The minimum Gasteiger partial charge on any atom is -0.409 e. The van der Waals surface area contributed by atoms with Crippen LogP contribution in [0.25, 0.3) is 0 Å². The quantitative estimate of drug-likeness (QED) is 0.276. The molecule has 0 saturated carbocycles. The molecule has 0 unspecified atom stereocenters. The summed E-state index contributed by atoms with van der Waals surface area (Å²) in [5.41, 5.74) is 5.24. The van der Waals surface area contributed by atoms with E-state index in [1.165, 1.54) is 0 Å². The third kappa shape index (κ3) is 5.58. The van der Waals surface area contributed by atoms with Gasteiger partial charge >= 0.3 is 0 Å². The van der Waals surface area contributed by atoms with Gasteiger partial charge < -0.3 is 16.3 Å².